The van der Waals surface area contributed by atoms with Gasteiger partial charge in [-0.25, -0.2) is 0 Å². The lowest BCUT2D eigenvalue weighted by molar-refractivity contribution is -0.123. The van der Waals surface area contributed by atoms with Crippen LogP contribution in [0.1, 0.15) is 17.5 Å². The Balaban J connectivity index is 1.35. The Hall–Kier alpha value is -2.28. The molecule has 2 amide bonds. The monoisotopic (exact) mass is 421 g/mol. The lowest BCUT2D eigenvalue weighted by Gasteiger charge is -2.17. The molecule has 0 aliphatic carbocycles. The number of rotatable bonds is 8. The van der Waals surface area contributed by atoms with E-state index in [1.165, 1.54) is 0 Å². The topological polar surface area (TPSA) is 79.5 Å². The third-order valence-corrected chi connectivity index (χ3v) is 5.18. The van der Waals surface area contributed by atoms with E-state index in [9.17, 15) is 9.59 Å². The van der Waals surface area contributed by atoms with E-state index in [0.29, 0.717) is 41.8 Å². The van der Waals surface area contributed by atoms with Crippen molar-refractivity contribution in [3.05, 3.63) is 57.6 Å². The Morgan fingerprint density at radius 2 is 2.00 bits per heavy atom. The Labute approximate surface area is 173 Å². The SMILES string of the molecule is O=C(COc1ccc2c(c1)NC(=O)CC2)NCCNCc1cccc(Cl)c1Cl. The molecule has 0 aromatic heterocycles. The highest BCUT2D eigenvalue weighted by molar-refractivity contribution is 6.42. The first-order valence-electron chi connectivity index (χ1n) is 8.99. The molecule has 0 bridgehead atoms. The number of ether oxygens (including phenoxy) is 1. The molecule has 0 unspecified atom stereocenters. The van der Waals surface area contributed by atoms with Gasteiger partial charge in [-0.15, -0.1) is 0 Å². The van der Waals surface area contributed by atoms with Crippen LogP contribution in [0.25, 0.3) is 0 Å². The maximum Gasteiger partial charge on any atom is 0.257 e. The van der Waals surface area contributed by atoms with Crippen LogP contribution in [0.3, 0.4) is 0 Å². The van der Waals surface area contributed by atoms with Gasteiger partial charge in [-0.1, -0.05) is 41.4 Å². The molecule has 0 spiro atoms. The van der Waals surface area contributed by atoms with Gasteiger partial charge in [0.25, 0.3) is 5.91 Å². The molecular formula is C20H21Cl2N3O3. The number of fused-ring (bicyclic) bond motifs is 1. The summed E-state index contributed by atoms with van der Waals surface area (Å²) in [6.45, 7) is 1.51. The number of hydrogen-bond acceptors (Lipinski definition) is 4. The fourth-order valence-corrected chi connectivity index (χ4v) is 3.23. The van der Waals surface area contributed by atoms with Crippen LogP contribution in [0.2, 0.25) is 10.0 Å². The summed E-state index contributed by atoms with van der Waals surface area (Å²) >= 11 is 12.1. The fraction of sp³-hybridized carbons (Fsp3) is 0.300. The van der Waals surface area contributed by atoms with E-state index in [4.69, 9.17) is 27.9 Å². The lowest BCUT2D eigenvalue weighted by atomic mass is 10.0. The van der Waals surface area contributed by atoms with Gasteiger partial charge in [-0.05, 0) is 29.7 Å². The average Bonchev–Trinajstić information content (AvgIpc) is 2.69. The van der Waals surface area contributed by atoms with Gasteiger partial charge >= 0.3 is 0 Å². The van der Waals surface area contributed by atoms with Crippen LogP contribution >= 0.6 is 23.2 Å². The quantitative estimate of drug-likeness (QED) is 0.571. The number of carbonyl (C=O) groups is 2. The molecule has 0 atom stereocenters. The number of hydrogen-bond donors (Lipinski definition) is 3. The standard InChI is InChI=1S/C20H21Cl2N3O3/c21-16-3-1-2-14(20(16)22)11-23-8-9-24-19(27)12-28-15-6-4-13-5-7-18(26)25-17(13)10-15/h1-4,6,10,23H,5,7-9,11-12H2,(H,24,27)(H,25,26). The van der Waals surface area contributed by atoms with E-state index < -0.39 is 0 Å². The Bertz CT molecular complexity index is 874. The van der Waals surface area contributed by atoms with E-state index >= 15 is 0 Å². The Kier molecular flexibility index (Phi) is 7.14. The summed E-state index contributed by atoms with van der Waals surface area (Å²) < 4.78 is 5.51. The van der Waals surface area contributed by atoms with Crippen molar-refractivity contribution < 1.29 is 14.3 Å². The lowest BCUT2D eigenvalue weighted by Crippen LogP contribution is -2.34. The molecule has 0 fully saturated rings. The van der Waals surface area contributed by atoms with Crippen LogP contribution in [0.15, 0.2) is 36.4 Å². The van der Waals surface area contributed by atoms with Crippen molar-refractivity contribution in [1.29, 1.82) is 0 Å². The molecule has 3 rings (SSSR count). The van der Waals surface area contributed by atoms with Crippen molar-refractivity contribution in [3.63, 3.8) is 0 Å². The zero-order chi connectivity index (χ0) is 19.9. The van der Waals surface area contributed by atoms with E-state index in [2.05, 4.69) is 16.0 Å². The van der Waals surface area contributed by atoms with E-state index in [-0.39, 0.29) is 18.4 Å². The minimum Gasteiger partial charge on any atom is -0.484 e. The molecule has 6 nitrogen and oxygen atoms in total. The number of benzene rings is 2. The minimum absolute atomic E-state index is 0.00560. The van der Waals surface area contributed by atoms with Gasteiger partial charge < -0.3 is 20.7 Å². The summed E-state index contributed by atoms with van der Waals surface area (Å²) in [6, 6.07) is 10.9. The van der Waals surface area contributed by atoms with Gasteiger partial charge in [0.2, 0.25) is 5.91 Å². The number of anilines is 1. The second-order valence-electron chi connectivity index (χ2n) is 6.40. The van der Waals surface area contributed by atoms with Crippen LogP contribution in [-0.4, -0.2) is 31.5 Å². The van der Waals surface area contributed by atoms with Crippen molar-refractivity contribution in [3.8, 4) is 5.75 Å². The molecular weight excluding hydrogens is 401 g/mol. The Morgan fingerprint density at radius 1 is 1.14 bits per heavy atom. The summed E-state index contributed by atoms with van der Waals surface area (Å²) in [5.74, 6) is 0.322. The number of carbonyl (C=O) groups excluding carboxylic acids is 2. The molecule has 1 aliphatic rings. The molecule has 2 aromatic carbocycles. The number of aryl methyl sites for hydroxylation is 1. The van der Waals surface area contributed by atoms with Crippen LogP contribution in [0, 0.1) is 0 Å². The summed E-state index contributed by atoms with van der Waals surface area (Å²) in [7, 11) is 0. The number of amides is 2. The van der Waals surface area contributed by atoms with Crippen LogP contribution in [-0.2, 0) is 22.6 Å². The van der Waals surface area contributed by atoms with Crippen LogP contribution in [0.4, 0.5) is 5.69 Å². The highest BCUT2D eigenvalue weighted by atomic mass is 35.5. The van der Waals surface area contributed by atoms with Gasteiger partial charge in [-0.2, -0.15) is 0 Å². The second-order valence-corrected chi connectivity index (χ2v) is 7.18. The van der Waals surface area contributed by atoms with Gasteiger partial charge in [0, 0.05) is 37.8 Å². The predicted octanol–water partition coefficient (Wildman–Crippen LogP) is 3.16. The van der Waals surface area contributed by atoms with Crippen molar-refractivity contribution in [2.75, 3.05) is 25.0 Å². The molecule has 3 N–H and O–H groups in total. The van der Waals surface area contributed by atoms with Crippen molar-refractivity contribution in [1.82, 2.24) is 10.6 Å². The molecule has 0 saturated heterocycles. The highest BCUT2D eigenvalue weighted by Crippen LogP contribution is 2.27. The van der Waals surface area contributed by atoms with Gasteiger partial charge in [-0.3, -0.25) is 9.59 Å². The number of nitrogens with one attached hydrogen (secondary N) is 3. The molecule has 0 saturated carbocycles. The first kappa shape index (κ1) is 20.5. The van der Waals surface area contributed by atoms with Gasteiger partial charge in [0.15, 0.2) is 6.61 Å². The summed E-state index contributed by atoms with van der Waals surface area (Å²) in [5, 5.41) is 9.85. The number of halogens is 2. The third-order valence-electron chi connectivity index (χ3n) is 4.32. The highest BCUT2D eigenvalue weighted by Gasteiger charge is 2.15. The van der Waals surface area contributed by atoms with E-state index in [0.717, 1.165) is 23.2 Å². The molecule has 1 heterocycles. The fourth-order valence-electron chi connectivity index (χ4n) is 2.84. The first-order chi connectivity index (χ1) is 13.5. The zero-order valence-corrected chi connectivity index (χ0v) is 16.7. The summed E-state index contributed by atoms with van der Waals surface area (Å²) in [5.41, 5.74) is 2.73. The summed E-state index contributed by atoms with van der Waals surface area (Å²) in [4.78, 5) is 23.4. The molecule has 1 aliphatic heterocycles. The summed E-state index contributed by atoms with van der Waals surface area (Å²) in [6.07, 6.45) is 1.21. The van der Waals surface area contributed by atoms with E-state index in [1.54, 1.807) is 18.2 Å². The average molecular weight is 422 g/mol. The van der Waals surface area contributed by atoms with Crippen molar-refractivity contribution >= 4 is 40.7 Å². The van der Waals surface area contributed by atoms with E-state index in [1.807, 2.05) is 18.2 Å². The molecule has 28 heavy (non-hydrogen) atoms. The van der Waals surface area contributed by atoms with Crippen molar-refractivity contribution in [2.24, 2.45) is 0 Å². The maximum atomic E-state index is 11.9. The van der Waals surface area contributed by atoms with Gasteiger partial charge in [0.1, 0.15) is 5.75 Å². The van der Waals surface area contributed by atoms with Gasteiger partial charge in [0.05, 0.1) is 10.0 Å². The Morgan fingerprint density at radius 3 is 2.86 bits per heavy atom. The third kappa shape index (κ3) is 5.61. The maximum absolute atomic E-state index is 11.9. The molecule has 148 valence electrons. The largest absolute Gasteiger partial charge is 0.484 e. The molecule has 8 heteroatoms. The molecule has 2 aromatic rings. The smallest absolute Gasteiger partial charge is 0.257 e. The van der Waals surface area contributed by atoms with Crippen molar-refractivity contribution in [2.45, 2.75) is 19.4 Å². The van der Waals surface area contributed by atoms with Crippen LogP contribution in [0.5, 0.6) is 5.75 Å². The first-order valence-corrected chi connectivity index (χ1v) is 9.74. The minimum atomic E-state index is -0.218. The van der Waals surface area contributed by atoms with Crippen LogP contribution < -0.4 is 20.7 Å². The second kappa shape index (κ2) is 9.78. The predicted molar refractivity (Wildman–Crippen MR) is 110 cm³/mol. The normalized spacial score (nSPS) is 12.9. The zero-order valence-electron chi connectivity index (χ0n) is 15.2. The molecule has 0 radical (unpaired) electrons.